The van der Waals surface area contributed by atoms with Crippen LogP contribution in [0.15, 0.2) is 36.4 Å². The van der Waals surface area contributed by atoms with Gasteiger partial charge in [0, 0.05) is 23.1 Å². The second-order valence-electron chi connectivity index (χ2n) is 7.17. The van der Waals surface area contributed by atoms with Gasteiger partial charge in [0.1, 0.15) is 11.4 Å². The van der Waals surface area contributed by atoms with E-state index in [1.165, 1.54) is 0 Å². The smallest absolute Gasteiger partial charge is 0.256 e. The Morgan fingerprint density at radius 1 is 1.15 bits per heavy atom. The minimum absolute atomic E-state index is 0.0276. The van der Waals surface area contributed by atoms with Gasteiger partial charge in [-0.05, 0) is 51.2 Å². The van der Waals surface area contributed by atoms with Crippen LogP contribution in [-0.2, 0) is 9.53 Å². The maximum Gasteiger partial charge on any atom is 0.256 e. The molecule has 26 heavy (non-hydrogen) atoms. The van der Waals surface area contributed by atoms with Crippen molar-refractivity contribution in [3.05, 3.63) is 36.4 Å². The fourth-order valence-corrected chi connectivity index (χ4v) is 4.08. The van der Waals surface area contributed by atoms with Crippen LogP contribution >= 0.6 is 0 Å². The monoisotopic (exact) mass is 355 g/mol. The van der Waals surface area contributed by atoms with E-state index in [4.69, 9.17) is 9.47 Å². The molecule has 0 spiro atoms. The predicted molar refractivity (Wildman–Crippen MR) is 106 cm³/mol. The number of hydrogen-bond acceptors (Lipinski definition) is 3. The van der Waals surface area contributed by atoms with E-state index in [1.807, 2.05) is 50.2 Å². The Morgan fingerprint density at radius 2 is 1.92 bits per heavy atom. The lowest BCUT2D eigenvalue weighted by atomic mass is 9.78. The second kappa shape index (κ2) is 8.09. The van der Waals surface area contributed by atoms with Crippen LogP contribution in [0.2, 0.25) is 0 Å². The molecule has 0 unspecified atom stereocenters. The van der Waals surface area contributed by atoms with Crippen molar-refractivity contribution >= 4 is 22.4 Å². The van der Waals surface area contributed by atoms with Crippen LogP contribution in [0.5, 0.6) is 5.75 Å². The van der Waals surface area contributed by atoms with Gasteiger partial charge in [-0.2, -0.15) is 0 Å². The summed E-state index contributed by atoms with van der Waals surface area (Å²) < 4.78 is 11.7. The highest BCUT2D eigenvalue weighted by Crippen LogP contribution is 2.37. The van der Waals surface area contributed by atoms with E-state index >= 15 is 0 Å². The Hall–Kier alpha value is -2.07. The number of amides is 1. The number of rotatable bonds is 6. The first-order valence-corrected chi connectivity index (χ1v) is 9.69. The third kappa shape index (κ3) is 3.70. The molecule has 1 aliphatic rings. The number of ether oxygens (including phenoxy) is 2. The average Bonchev–Trinajstić information content (AvgIpc) is 2.64. The van der Waals surface area contributed by atoms with E-state index in [2.05, 4.69) is 12.2 Å². The van der Waals surface area contributed by atoms with Gasteiger partial charge in [-0.25, -0.2) is 0 Å². The highest BCUT2D eigenvalue weighted by Gasteiger charge is 2.42. The number of hydrogen-bond donors (Lipinski definition) is 1. The van der Waals surface area contributed by atoms with E-state index in [9.17, 15) is 4.79 Å². The molecule has 0 aromatic heterocycles. The van der Waals surface area contributed by atoms with Gasteiger partial charge >= 0.3 is 0 Å². The Morgan fingerprint density at radius 3 is 2.62 bits per heavy atom. The van der Waals surface area contributed by atoms with E-state index in [0.717, 1.165) is 47.9 Å². The molecule has 4 heteroatoms. The molecule has 1 amide bonds. The number of nitrogens with one attached hydrogen (secondary N) is 1. The minimum atomic E-state index is -0.716. The van der Waals surface area contributed by atoms with Crippen LogP contribution < -0.4 is 10.1 Å². The van der Waals surface area contributed by atoms with Crippen LogP contribution in [0.4, 0.5) is 5.69 Å². The summed E-state index contributed by atoms with van der Waals surface area (Å²) in [7, 11) is 0. The molecule has 0 aliphatic heterocycles. The van der Waals surface area contributed by atoms with Gasteiger partial charge in [-0.3, -0.25) is 4.79 Å². The molecule has 140 valence electrons. The molecule has 1 aliphatic carbocycles. The average molecular weight is 355 g/mol. The van der Waals surface area contributed by atoms with Gasteiger partial charge in [-0.15, -0.1) is 0 Å². The number of carbonyl (C=O) groups excluding carboxylic acids is 1. The molecule has 2 atom stereocenters. The molecule has 3 rings (SSSR count). The number of carbonyl (C=O) groups is 1. The Labute approximate surface area is 155 Å². The van der Waals surface area contributed by atoms with Crippen molar-refractivity contribution < 1.29 is 14.3 Å². The molecular formula is C22H29NO3. The van der Waals surface area contributed by atoms with Crippen LogP contribution in [-0.4, -0.2) is 24.7 Å². The quantitative estimate of drug-likeness (QED) is 0.778. The van der Waals surface area contributed by atoms with Crippen molar-refractivity contribution in [2.75, 3.05) is 18.5 Å². The Balaban J connectivity index is 1.92. The van der Waals surface area contributed by atoms with Crippen LogP contribution in [0, 0.1) is 5.92 Å². The van der Waals surface area contributed by atoms with E-state index < -0.39 is 5.60 Å². The number of benzene rings is 2. The largest absolute Gasteiger partial charge is 0.493 e. The predicted octanol–water partition coefficient (Wildman–Crippen LogP) is 5.16. The van der Waals surface area contributed by atoms with Crippen molar-refractivity contribution in [3.8, 4) is 5.75 Å². The van der Waals surface area contributed by atoms with E-state index in [1.54, 1.807) is 0 Å². The Kier molecular flexibility index (Phi) is 5.82. The van der Waals surface area contributed by atoms with Crippen molar-refractivity contribution in [2.45, 2.75) is 52.1 Å². The van der Waals surface area contributed by atoms with Gasteiger partial charge in [0.2, 0.25) is 0 Å². The molecule has 4 nitrogen and oxygen atoms in total. The zero-order chi connectivity index (χ0) is 18.6. The standard InChI is InChI=1S/C22H29NO3/c1-4-25-20-13-12-19(17-10-6-7-11-18(17)20)23-21(24)22(26-5-2)14-8-9-16(3)15-22/h6-7,10-13,16H,4-5,8-9,14-15H2,1-3H3,(H,23,24)/t16-,22-/m0/s1. The lowest BCUT2D eigenvalue weighted by molar-refractivity contribution is -0.147. The van der Waals surface area contributed by atoms with Crippen molar-refractivity contribution in [1.82, 2.24) is 0 Å². The molecule has 0 bridgehead atoms. The molecule has 1 saturated carbocycles. The van der Waals surface area contributed by atoms with E-state index in [-0.39, 0.29) is 5.91 Å². The maximum absolute atomic E-state index is 13.2. The number of anilines is 1. The molecular weight excluding hydrogens is 326 g/mol. The molecule has 2 aromatic rings. The fourth-order valence-electron chi connectivity index (χ4n) is 4.08. The summed E-state index contributed by atoms with van der Waals surface area (Å²) in [6.07, 6.45) is 3.75. The molecule has 1 N–H and O–H groups in total. The lowest BCUT2D eigenvalue weighted by Gasteiger charge is -2.38. The topological polar surface area (TPSA) is 47.6 Å². The van der Waals surface area contributed by atoms with Gasteiger partial charge in [0.15, 0.2) is 0 Å². The van der Waals surface area contributed by atoms with Crippen molar-refractivity contribution in [2.24, 2.45) is 5.92 Å². The van der Waals surface area contributed by atoms with Crippen molar-refractivity contribution in [1.29, 1.82) is 0 Å². The molecule has 0 heterocycles. The van der Waals surface area contributed by atoms with Crippen LogP contribution in [0.1, 0.15) is 46.5 Å². The summed E-state index contributed by atoms with van der Waals surface area (Å²) in [5, 5.41) is 5.15. The lowest BCUT2D eigenvalue weighted by Crippen LogP contribution is -2.48. The fraction of sp³-hybridized carbons (Fsp3) is 0.500. The first-order chi connectivity index (χ1) is 12.6. The third-order valence-electron chi connectivity index (χ3n) is 5.22. The number of fused-ring (bicyclic) bond motifs is 1. The summed E-state index contributed by atoms with van der Waals surface area (Å²) in [6, 6.07) is 11.9. The summed E-state index contributed by atoms with van der Waals surface area (Å²) in [6.45, 7) is 7.29. The van der Waals surface area contributed by atoms with Gasteiger partial charge in [-0.1, -0.05) is 37.6 Å². The summed E-state index contributed by atoms with van der Waals surface area (Å²) in [5.74, 6) is 1.31. The van der Waals surface area contributed by atoms with Crippen LogP contribution in [0.3, 0.4) is 0 Å². The van der Waals surface area contributed by atoms with Crippen molar-refractivity contribution in [3.63, 3.8) is 0 Å². The molecule has 0 radical (unpaired) electrons. The second-order valence-corrected chi connectivity index (χ2v) is 7.17. The molecule has 1 fully saturated rings. The highest BCUT2D eigenvalue weighted by atomic mass is 16.5. The summed E-state index contributed by atoms with van der Waals surface area (Å²) >= 11 is 0. The van der Waals surface area contributed by atoms with Gasteiger partial charge in [0.25, 0.3) is 5.91 Å². The molecule has 2 aromatic carbocycles. The van der Waals surface area contributed by atoms with Crippen LogP contribution in [0.25, 0.3) is 10.8 Å². The Bertz CT molecular complexity index is 769. The SMILES string of the molecule is CCOc1ccc(NC(=O)[C@]2(OCC)CCC[C@H](C)C2)c2ccccc12. The first-order valence-electron chi connectivity index (χ1n) is 9.69. The maximum atomic E-state index is 13.2. The van der Waals surface area contributed by atoms with Gasteiger partial charge < -0.3 is 14.8 Å². The summed E-state index contributed by atoms with van der Waals surface area (Å²) in [5.41, 5.74) is 0.0953. The summed E-state index contributed by atoms with van der Waals surface area (Å²) in [4.78, 5) is 13.2. The minimum Gasteiger partial charge on any atom is -0.493 e. The zero-order valence-corrected chi connectivity index (χ0v) is 16.0. The molecule has 0 saturated heterocycles. The normalized spacial score (nSPS) is 23.0. The highest BCUT2D eigenvalue weighted by molar-refractivity contribution is 6.06. The first kappa shape index (κ1) is 18.7. The van der Waals surface area contributed by atoms with E-state index in [0.29, 0.717) is 19.1 Å². The zero-order valence-electron chi connectivity index (χ0n) is 16.0. The third-order valence-corrected chi connectivity index (χ3v) is 5.22. The van der Waals surface area contributed by atoms with Gasteiger partial charge in [0.05, 0.1) is 6.61 Å².